The van der Waals surface area contributed by atoms with E-state index in [4.69, 9.17) is 5.73 Å². The molecular weight excluding hydrogens is 294 g/mol. The molecule has 0 aromatic heterocycles. The van der Waals surface area contributed by atoms with Crippen LogP contribution >= 0.6 is 0 Å². The van der Waals surface area contributed by atoms with E-state index in [1.807, 2.05) is 20.8 Å². The standard InChI is InChI=1S/C13H21N3O4S/c1-9(2)7-10(3)15(4)21(19,20)11-5-6-13(16(17)18)12(14)8-11/h5-6,8-10H,7,14H2,1-4H3. The highest BCUT2D eigenvalue weighted by Gasteiger charge is 2.27. The van der Waals surface area contributed by atoms with Gasteiger partial charge >= 0.3 is 0 Å². The number of sulfonamides is 1. The van der Waals surface area contributed by atoms with Crippen LogP contribution in [0.25, 0.3) is 0 Å². The number of nitrogen functional groups attached to an aromatic ring is 1. The van der Waals surface area contributed by atoms with E-state index in [1.54, 1.807) is 0 Å². The van der Waals surface area contributed by atoms with Crippen molar-refractivity contribution in [1.29, 1.82) is 0 Å². The summed E-state index contributed by atoms with van der Waals surface area (Å²) in [5, 5.41) is 10.7. The van der Waals surface area contributed by atoms with E-state index in [-0.39, 0.29) is 22.3 Å². The summed E-state index contributed by atoms with van der Waals surface area (Å²) in [6.45, 7) is 5.86. The first-order valence-corrected chi connectivity index (χ1v) is 8.03. The number of nitro benzene ring substituents is 1. The summed E-state index contributed by atoms with van der Waals surface area (Å²) in [6.07, 6.45) is 0.720. The second kappa shape index (κ2) is 6.40. The molecule has 1 aromatic rings. The molecule has 0 aliphatic heterocycles. The van der Waals surface area contributed by atoms with Crippen LogP contribution in [0.5, 0.6) is 0 Å². The van der Waals surface area contributed by atoms with Gasteiger partial charge in [-0.15, -0.1) is 0 Å². The smallest absolute Gasteiger partial charge is 0.292 e. The van der Waals surface area contributed by atoms with Crippen molar-refractivity contribution < 1.29 is 13.3 Å². The third-order valence-corrected chi connectivity index (χ3v) is 5.27. The van der Waals surface area contributed by atoms with Crippen LogP contribution in [-0.4, -0.2) is 30.7 Å². The van der Waals surface area contributed by atoms with Crippen molar-refractivity contribution in [2.24, 2.45) is 5.92 Å². The molecular formula is C13H21N3O4S. The van der Waals surface area contributed by atoms with Gasteiger partial charge in [0.15, 0.2) is 0 Å². The van der Waals surface area contributed by atoms with Gasteiger partial charge < -0.3 is 5.73 Å². The molecule has 8 heteroatoms. The van der Waals surface area contributed by atoms with Gasteiger partial charge in [0.05, 0.1) is 9.82 Å². The molecule has 0 heterocycles. The van der Waals surface area contributed by atoms with Crippen molar-refractivity contribution >= 4 is 21.4 Å². The first-order chi connectivity index (χ1) is 9.57. The third-order valence-electron chi connectivity index (χ3n) is 3.31. The Bertz CT molecular complexity index is 628. The number of rotatable bonds is 6. The molecule has 7 nitrogen and oxygen atoms in total. The van der Waals surface area contributed by atoms with Crippen molar-refractivity contribution in [3.05, 3.63) is 28.3 Å². The zero-order valence-corrected chi connectivity index (χ0v) is 13.4. The molecule has 21 heavy (non-hydrogen) atoms. The molecule has 0 aliphatic rings. The molecule has 0 fully saturated rings. The van der Waals surface area contributed by atoms with Gasteiger partial charge in [0.1, 0.15) is 5.69 Å². The molecule has 0 amide bonds. The molecule has 1 aromatic carbocycles. The molecule has 118 valence electrons. The zero-order chi connectivity index (χ0) is 16.4. The Labute approximate surface area is 124 Å². The van der Waals surface area contributed by atoms with Crippen molar-refractivity contribution in [2.75, 3.05) is 12.8 Å². The van der Waals surface area contributed by atoms with Gasteiger partial charge in [0.25, 0.3) is 5.69 Å². The Hall–Kier alpha value is -1.67. The van der Waals surface area contributed by atoms with Gasteiger partial charge in [-0.2, -0.15) is 4.31 Å². The van der Waals surface area contributed by atoms with E-state index in [2.05, 4.69) is 0 Å². The number of hydrogen-bond acceptors (Lipinski definition) is 5. The number of hydrogen-bond donors (Lipinski definition) is 1. The largest absolute Gasteiger partial charge is 0.393 e. The maximum Gasteiger partial charge on any atom is 0.292 e. The van der Waals surface area contributed by atoms with Gasteiger partial charge in [0.2, 0.25) is 10.0 Å². The Morgan fingerprint density at radius 1 is 1.33 bits per heavy atom. The summed E-state index contributed by atoms with van der Waals surface area (Å²) in [5.74, 6) is 0.361. The summed E-state index contributed by atoms with van der Waals surface area (Å²) < 4.78 is 26.2. The van der Waals surface area contributed by atoms with Crippen molar-refractivity contribution in [3.63, 3.8) is 0 Å². The van der Waals surface area contributed by atoms with Gasteiger partial charge in [-0.05, 0) is 31.4 Å². The van der Waals surface area contributed by atoms with Gasteiger partial charge in [-0.25, -0.2) is 8.42 Å². The van der Waals surface area contributed by atoms with Crippen LogP contribution in [0.1, 0.15) is 27.2 Å². The molecule has 0 radical (unpaired) electrons. The fourth-order valence-electron chi connectivity index (χ4n) is 2.09. The lowest BCUT2D eigenvalue weighted by Gasteiger charge is -2.25. The van der Waals surface area contributed by atoms with E-state index in [0.717, 1.165) is 18.6 Å². The molecule has 2 N–H and O–H groups in total. The summed E-state index contributed by atoms with van der Waals surface area (Å²) in [4.78, 5) is 10.0. The molecule has 0 aliphatic carbocycles. The molecule has 1 unspecified atom stereocenters. The molecule has 0 saturated heterocycles. The lowest BCUT2D eigenvalue weighted by atomic mass is 10.1. The predicted molar refractivity (Wildman–Crippen MR) is 81.4 cm³/mol. The minimum Gasteiger partial charge on any atom is -0.393 e. The Kier molecular flexibility index (Phi) is 5.30. The first-order valence-electron chi connectivity index (χ1n) is 6.59. The summed E-state index contributed by atoms with van der Waals surface area (Å²) >= 11 is 0. The Balaban J connectivity index is 3.13. The SMILES string of the molecule is CC(C)CC(C)N(C)S(=O)(=O)c1ccc([N+](=O)[O-])c(N)c1. The Morgan fingerprint density at radius 2 is 1.90 bits per heavy atom. The van der Waals surface area contributed by atoms with E-state index in [0.29, 0.717) is 5.92 Å². The molecule has 1 rings (SSSR count). The lowest BCUT2D eigenvalue weighted by Crippen LogP contribution is -2.35. The van der Waals surface area contributed by atoms with E-state index >= 15 is 0 Å². The van der Waals surface area contributed by atoms with E-state index < -0.39 is 14.9 Å². The number of nitro groups is 1. The second-order valence-corrected chi connectivity index (χ2v) is 7.48. The minimum absolute atomic E-state index is 0.0382. The second-order valence-electron chi connectivity index (χ2n) is 5.48. The quantitative estimate of drug-likeness (QED) is 0.492. The summed E-state index contributed by atoms with van der Waals surface area (Å²) in [7, 11) is -2.22. The monoisotopic (exact) mass is 315 g/mol. The molecule has 1 atom stereocenters. The van der Waals surface area contributed by atoms with E-state index in [9.17, 15) is 18.5 Å². The van der Waals surface area contributed by atoms with Crippen LogP contribution in [-0.2, 0) is 10.0 Å². The number of benzene rings is 1. The highest BCUT2D eigenvalue weighted by molar-refractivity contribution is 7.89. The highest BCUT2D eigenvalue weighted by Crippen LogP contribution is 2.27. The van der Waals surface area contributed by atoms with Crippen LogP contribution in [0, 0.1) is 16.0 Å². The van der Waals surface area contributed by atoms with E-state index in [1.165, 1.54) is 17.4 Å². The van der Waals surface area contributed by atoms with Gasteiger partial charge in [0, 0.05) is 19.2 Å². The molecule has 0 spiro atoms. The number of nitrogens with two attached hydrogens (primary N) is 1. The van der Waals surface area contributed by atoms with Crippen molar-refractivity contribution in [1.82, 2.24) is 4.31 Å². The van der Waals surface area contributed by atoms with Crippen LogP contribution in [0.3, 0.4) is 0 Å². The van der Waals surface area contributed by atoms with Gasteiger partial charge in [-0.3, -0.25) is 10.1 Å². The van der Waals surface area contributed by atoms with Crippen molar-refractivity contribution in [2.45, 2.75) is 38.1 Å². The Morgan fingerprint density at radius 3 is 2.33 bits per heavy atom. The number of nitrogens with zero attached hydrogens (tertiary/aromatic N) is 2. The fourth-order valence-corrected chi connectivity index (χ4v) is 3.50. The van der Waals surface area contributed by atoms with Crippen LogP contribution in [0.4, 0.5) is 11.4 Å². The zero-order valence-electron chi connectivity index (χ0n) is 12.6. The lowest BCUT2D eigenvalue weighted by molar-refractivity contribution is -0.383. The first kappa shape index (κ1) is 17.4. The van der Waals surface area contributed by atoms with Crippen LogP contribution < -0.4 is 5.73 Å². The molecule has 0 bridgehead atoms. The summed E-state index contributed by atoms with van der Waals surface area (Å²) in [5.41, 5.74) is 5.09. The van der Waals surface area contributed by atoms with Crippen molar-refractivity contribution in [3.8, 4) is 0 Å². The van der Waals surface area contributed by atoms with Crippen LogP contribution in [0.15, 0.2) is 23.1 Å². The highest BCUT2D eigenvalue weighted by atomic mass is 32.2. The fraction of sp³-hybridized carbons (Fsp3) is 0.538. The third kappa shape index (κ3) is 3.92. The maximum absolute atomic E-state index is 12.5. The average molecular weight is 315 g/mol. The van der Waals surface area contributed by atoms with Gasteiger partial charge in [-0.1, -0.05) is 13.8 Å². The topological polar surface area (TPSA) is 107 Å². The molecule has 0 saturated carbocycles. The minimum atomic E-state index is -3.72. The summed E-state index contributed by atoms with van der Waals surface area (Å²) in [6, 6.07) is 3.28. The number of anilines is 1. The predicted octanol–water partition coefficient (Wildman–Crippen LogP) is 2.23. The van der Waals surface area contributed by atoms with Crippen LogP contribution in [0.2, 0.25) is 0 Å². The average Bonchev–Trinajstić information content (AvgIpc) is 2.36. The maximum atomic E-state index is 12.5. The normalized spacial score (nSPS) is 13.6.